The van der Waals surface area contributed by atoms with E-state index >= 15 is 0 Å². The molecule has 1 aromatic carbocycles. The maximum absolute atomic E-state index is 9.09. The van der Waals surface area contributed by atoms with Gasteiger partial charge in [0.2, 0.25) is 5.95 Å². The Morgan fingerprint density at radius 2 is 1.96 bits per heavy atom. The summed E-state index contributed by atoms with van der Waals surface area (Å²) in [5, 5.41) is 16.7. The lowest BCUT2D eigenvalue weighted by atomic mass is 10.2. The van der Waals surface area contributed by atoms with E-state index in [9.17, 15) is 0 Å². The van der Waals surface area contributed by atoms with Crippen molar-refractivity contribution in [1.29, 1.82) is 0 Å². The first-order chi connectivity index (χ1) is 11.8. The van der Waals surface area contributed by atoms with Crippen LogP contribution in [0.1, 0.15) is 5.56 Å². The van der Waals surface area contributed by atoms with Crippen molar-refractivity contribution in [3.05, 3.63) is 66.7 Å². The molecule has 0 radical (unpaired) electrons. The van der Waals surface area contributed by atoms with E-state index in [1.807, 2.05) is 36.4 Å². The van der Waals surface area contributed by atoms with Gasteiger partial charge in [-0.25, -0.2) is 4.52 Å². The third-order valence-electron chi connectivity index (χ3n) is 3.58. The minimum Gasteiger partial charge on any atom is -0.392 e. The summed E-state index contributed by atoms with van der Waals surface area (Å²) in [6.07, 6.45) is 6.90. The van der Waals surface area contributed by atoms with Gasteiger partial charge in [-0.05, 0) is 29.8 Å². The number of nitrogens with zero attached hydrogens (tertiary/aromatic N) is 5. The standard InChI is InChI=1S/C17H14N6O/c24-11-12-3-5-14(6-4-12)20-17-21-16-15(13-2-1-7-18-10-13)19-8-9-23(16)22-17/h1-10,24H,11H2,(H,20,22). The summed E-state index contributed by atoms with van der Waals surface area (Å²) in [7, 11) is 0. The number of anilines is 2. The molecule has 0 spiro atoms. The second-order valence-corrected chi connectivity index (χ2v) is 5.20. The number of hydrogen-bond donors (Lipinski definition) is 2. The molecule has 0 atom stereocenters. The van der Waals surface area contributed by atoms with Gasteiger partial charge in [0.15, 0.2) is 5.65 Å². The van der Waals surface area contributed by atoms with Gasteiger partial charge in [-0.1, -0.05) is 12.1 Å². The molecule has 0 aliphatic carbocycles. The third kappa shape index (κ3) is 2.68. The summed E-state index contributed by atoms with van der Waals surface area (Å²) < 4.78 is 1.68. The van der Waals surface area contributed by atoms with Gasteiger partial charge in [0.05, 0.1) is 6.61 Å². The Hall–Kier alpha value is -3.32. The molecule has 0 aliphatic rings. The Bertz CT molecular complexity index is 965. The molecule has 7 heteroatoms. The predicted molar refractivity (Wildman–Crippen MR) is 89.7 cm³/mol. The summed E-state index contributed by atoms with van der Waals surface area (Å²) in [6, 6.07) is 11.2. The van der Waals surface area contributed by atoms with Crippen LogP contribution in [0, 0.1) is 0 Å². The Kier molecular flexibility index (Phi) is 3.60. The van der Waals surface area contributed by atoms with Crippen molar-refractivity contribution in [1.82, 2.24) is 24.6 Å². The largest absolute Gasteiger partial charge is 0.392 e. The van der Waals surface area contributed by atoms with Crippen LogP contribution in [0.4, 0.5) is 11.6 Å². The maximum Gasteiger partial charge on any atom is 0.247 e. The molecule has 4 rings (SSSR count). The van der Waals surface area contributed by atoms with Gasteiger partial charge in [0.25, 0.3) is 0 Å². The van der Waals surface area contributed by atoms with Crippen molar-refractivity contribution < 1.29 is 5.11 Å². The molecule has 7 nitrogen and oxygen atoms in total. The van der Waals surface area contributed by atoms with Crippen LogP contribution in [0.5, 0.6) is 0 Å². The zero-order chi connectivity index (χ0) is 16.4. The molecular weight excluding hydrogens is 304 g/mol. The number of aromatic nitrogens is 5. The molecule has 118 valence electrons. The Morgan fingerprint density at radius 1 is 1.08 bits per heavy atom. The fraction of sp³-hybridized carbons (Fsp3) is 0.0588. The highest BCUT2D eigenvalue weighted by molar-refractivity contribution is 5.73. The van der Waals surface area contributed by atoms with E-state index in [1.165, 1.54) is 0 Å². The first-order valence-electron chi connectivity index (χ1n) is 7.42. The average molecular weight is 318 g/mol. The zero-order valence-electron chi connectivity index (χ0n) is 12.7. The summed E-state index contributed by atoms with van der Waals surface area (Å²) >= 11 is 0. The molecule has 0 aliphatic heterocycles. The van der Waals surface area contributed by atoms with Gasteiger partial charge in [0.1, 0.15) is 5.69 Å². The first kappa shape index (κ1) is 14.3. The highest BCUT2D eigenvalue weighted by Gasteiger charge is 2.11. The van der Waals surface area contributed by atoms with Crippen molar-refractivity contribution in [2.45, 2.75) is 6.61 Å². The minimum absolute atomic E-state index is 0.0209. The normalized spacial score (nSPS) is 10.9. The van der Waals surface area contributed by atoms with Crippen molar-refractivity contribution >= 4 is 17.3 Å². The number of nitrogens with one attached hydrogen (secondary N) is 1. The SMILES string of the molecule is OCc1ccc(Nc2nc3c(-c4cccnc4)nccn3n2)cc1. The van der Waals surface area contributed by atoms with Crippen LogP contribution in [-0.4, -0.2) is 29.7 Å². The fourth-order valence-corrected chi connectivity index (χ4v) is 2.40. The molecule has 0 saturated heterocycles. The smallest absolute Gasteiger partial charge is 0.247 e. The number of aliphatic hydroxyl groups excluding tert-OH is 1. The highest BCUT2D eigenvalue weighted by Crippen LogP contribution is 2.22. The van der Waals surface area contributed by atoms with E-state index < -0.39 is 0 Å². The van der Waals surface area contributed by atoms with E-state index in [0.717, 1.165) is 22.5 Å². The van der Waals surface area contributed by atoms with Crippen LogP contribution in [0.2, 0.25) is 0 Å². The van der Waals surface area contributed by atoms with Gasteiger partial charge in [-0.2, -0.15) is 4.98 Å². The van der Waals surface area contributed by atoms with Crippen molar-refractivity contribution in [3.63, 3.8) is 0 Å². The van der Waals surface area contributed by atoms with Gasteiger partial charge >= 0.3 is 0 Å². The number of pyridine rings is 1. The van der Waals surface area contributed by atoms with E-state index in [4.69, 9.17) is 5.11 Å². The Labute approximate surface area is 137 Å². The van der Waals surface area contributed by atoms with Gasteiger partial charge < -0.3 is 10.4 Å². The first-order valence-corrected chi connectivity index (χ1v) is 7.42. The van der Waals surface area contributed by atoms with Crippen LogP contribution in [-0.2, 0) is 6.61 Å². The van der Waals surface area contributed by atoms with E-state index in [0.29, 0.717) is 11.6 Å². The average Bonchev–Trinajstić information content (AvgIpc) is 3.05. The number of rotatable bonds is 4. The number of fused-ring (bicyclic) bond motifs is 1. The molecule has 2 N–H and O–H groups in total. The molecule has 3 aromatic heterocycles. The van der Waals surface area contributed by atoms with Crippen LogP contribution in [0.25, 0.3) is 16.9 Å². The number of benzene rings is 1. The fourth-order valence-electron chi connectivity index (χ4n) is 2.40. The minimum atomic E-state index is 0.0209. The molecule has 0 fully saturated rings. The number of aliphatic hydroxyl groups is 1. The lowest BCUT2D eigenvalue weighted by Crippen LogP contribution is -1.94. The van der Waals surface area contributed by atoms with E-state index in [-0.39, 0.29) is 6.61 Å². The van der Waals surface area contributed by atoms with Crippen molar-refractivity contribution in [2.24, 2.45) is 0 Å². The molecule has 0 unspecified atom stereocenters. The molecular formula is C17H14N6O. The molecule has 24 heavy (non-hydrogen) atoms. The predicted octanol–water partition coefficient (Wildman–Crippen LogP) is 2.42. The zero-order valence-corrected chi connectivity index (χ0v) is 12.7. The Balaban J connectivity index is 1.70. The van der Waals surface area contributed by atoms with Crippen molar-refractivity contribution in [2.75, 3.05) is 5.32 Å². The van der Waals surface area contributed by atoms with E-state index in [1.54, 1.807) is 29.3 Å². The van der Waals surface area contributed by atoms with Crippen LogP contribution >= 0.6 is 0 Å². The summed E-state index contributed by atoms with van der Waals surface area (Å²) in [5.74, 6) is 0.477. The summed E-state index contributed by atoms with van der Waals surface area (Å²) in [6.45, 7) is 0.0209. The molecule has 0 amide bonds. The molecule has 4 aromatic rings. The monoisotopic (exact) mass is 318 g/mol. The summed E-state index contributed by atoms with van der Waals surface area (Å²) in [5.41, 5.74) is 3.96. The third-order valence-corrected chi connectivity index (χ3v) is 3.58. The van der Waals surface area contributed by atoms with Crippen LogP contribution < -0.4 is 5.32 Å². The maximum atomic E-state index is 9.09. The number of hydrogen-bond acceptors (Lipinski definition) is 6. The van der Waals surface area contributed by atoms with Crippen LogP contribution in [0.3, 0.4) is 0 Å². The quantitative estimate of drug-likeness (QED) is 0.601. The Morgan fingerprint density at radius 3 is 2.71 bits per heavy atom. The van der Waals surface area contributed by atoms with Crippen LogP contribution in [0.15, 0.2) is 61.2 Å². The molecule has 0 bridgehead atoms. The van der Waals surface area contributed by atoms with Gasteiger partial charge in [-0.15, -0.1) is 5.10 Å². The molecule has 0 saturated carbocycles. The topological polar surface area (TPSA) is 88.2 Å². The molecule has 3 heterocycles. The lowest BCUT2D eigenvalue weighted by Gasteiger charge is -2.02. The summed E-state index contributed by atoms with van der Waals surface area (Å²) in [4.78, 5) is 13.1. The van der Waals surface area contributed by atoms with E-state index in [2.05, 4.69) is 25.4 Å². The van der Waals surface area contributed by atoms with Gasteiger partial charge in [0, 0.05) is 36.0 Å². The van der Waals surface area contributed by atoms with Gasteiger partial charge in [-0.3, -0.25) is 9.97 Å². The highest BCUT2D eigenvalue weighted by atomic mass is 16.3. The lowest BCUT2D eigenvalue weighted by molar-refractivity contribution is 0.282. The van der Waals surface area contributed by atoms with Crippen molar-refractivity contribution in [3.8, 4) is 11.3 Å². The second kappa shape index (κ2) is 6.05. The second-order valence-electron chi connectivity index (χ2n) is 5.20.